The molecule has 0 unspecified atom stereocenters. The van der Waals surface area contributed by atoms with Crippen molar-refractivity contribution in [3.05, 3.63) is 100 Å². The first-order valence-corrected chi connectivity index (χ1v) is 11.2. The number of pyridine rings is 1. The summed E-state index contributed by atoms with van der Waals surface area (Å²) in [7, 11) is 0. The molecule has 32 heavy (non-hydrogen) atoms. The Morgan fingerprint density at radius 3 is 1.88 bits per heavy atom. The van der Waals surface area contributed by atoms with Gasteiger partial charge < -0.3 is 0 Å². The molecule has 2 aliphatic rings. The predicted octanol–water partition coefficient (Wildman–Crippen LogP) is 3.79. The van der Waals surface area contributed by atoms with Crippen LogP contribution in [-0.4, -0.2) is 52.5 Å². The molecule has 0 atom stereocenters. The Balaban J connectivity index is 1.51. The number of hydrogen-bond acceptors (Lipinski definition) is 5. The maximum Gasteiger partial charge on any atom is 0.196 e. The van der Waals surface area contributed by atoms with Crippen molar-refractivity contribution >= 4 is 11.6 Å². The van der Waals surface area contributed by atoms with E-state index in [4.69, 9.17) is 0 Å². The number of fused-ring (bicyclic) bond motifs is 1. The number of nitrogens with zero attached hydrogens (tertiary/aromatic N) is 3. The lowest BCUT2D eigenvalue weighted by Crippen LogP contribution is -2.60. The van der Waals surface area contributed by atoms with Crippen molar-refractivity contribution in [2.75, 3.05) is 26.2 Å². The number of carbonyl (C=O) groups excluding carboxylic acids is 2. The second-order valence-corrected chi connectivity index (χ2v) is 8.80. The smallest absolute Gasteiger partial charge is 0.196 e. The zero-order valence-corrected chi connectivity index (χ0v) is 18.5. The highest BCUT2D eigenvalue weighted by molar-refractivity contribution is 6.32. The zero-order valence-electron chi connectivity index (χ0n) is 18.5. The standard InChI is InChI=1S/C27H27N3O2/c1-19-16-22(17-20(2)28-19)27(25(31)23-10-6-7-11-24(23)26(27)32)30-14-12-29(13-15-30)18-21-8-4-3-5-9-21/h3-11,16-17H,12-15,18H2,1-2H3. The fourth-order valence-corrected chi connectivity index (χ4v) is 5.23. The number of benzene rings is 2. The summed E-state index contributed by atoms with van der Waals surface area (Å²) in [5.41, 5.74) is 3.40. The quantitative estimate of drug-likeness (QED) is 0.596. The Morgan fingerprint density at radius 2 is 1.31 bits per heavy atom. The third kappa shape index (κ3) is 3.29. The highest BCUT2D eigenvalue weighted by Crippen LogP contribution is 2.43. The first-order valence-electron chi connectivity index (χ1n) is 11.2. The number of aryl methyl sites for hydroxylation is 2. The highest BCUT2D eigenvalue weighted by atomic mass is 16.2. The third-order valence-electron chi connectivity index (χ3n) is 6.67. The average molecular weight is 426 g/mol. The minimum atomic E-state index is -1.30. The van der Waals surface area contributed by atoms with Gasteiger partial charge in [0.05, 0.1) is 0 Å². The second-order valence-electron chi connectivity index (χ2n) is 8.80. The molecule has 1 saturated heterocycles. The van der Waals surface area contributed by atoms with Crippen molar-refractivity contribution < 1.29 is 9.59 Å². The molecule has 0 N–H and O–H groups in total. The number of aromatic nitrogens is 1. The predicted molar refractivity (Wildman–Crippen MR) is 124 cm³/mol. The van der Waals surface area contributed by atoms with Crippen LogP contribution in [-0.2, 0) is 12.1 Å². The minimum Gasteiger partial charge on any atom is -0.297 e. The molecular formula is C27H27N3O2. The van der Waals surface area contributed by atoms with Crippen molar-refractivity contribution in [1.82, 2.24) is 14.8 Å². The van der Waals surface area contributed by atoms with E-state index < -0.39 is 5.54 Å². The fraction of sp³-hybridized carbons (Fsp3) is 0.296. The van der Waals surface area contributed by atoms with Gasteiger partial charge in [0.1, 0.15) is 0 Å². The van der Waals surface area contributed by atoms with Crippen molar-refractivity contribution in [2.45, 2.75) is 25.9 Å². The van der Waals surface area contributed by atoms with Crippen LogP contribution in [0.1, 0.15) is 43.2 Å². The van der Waals surface area contributed by atoms with E-state index in [1.807, 2.05) is 44.2 Å². The summed E-state index contributed by atoms with van der Waals surface area (Å²) in [6.45, 7) is 7.61. The van der Waals surface area contributed by atoms with Gasteiger partial charge in [-0.2, -0.15) is 0 Å². The summed E-state index contributed by atoms with van der Waals surface area (Å²) in [6, 6.07) is 21.5. The van der Waals surface area contributed by atoms with Gasteiger partial charge in [-0.15, -0.1) is 0 Å². The average Bonchev–Trinajstić information content (AvgIpc) is 3.02. The van der Waals surface area contributed by atoms with Crippen LogP contribution in [0.4, 0.5) is 0 Å². The summed E-state index contributed by atoms with van der Waals surface area (Å²) in [6.07, 6.45) is 0. The molecule has 1 aliphatic heterocycles. The van der Waals surface area contributed by atoms with Crippen molar-refractivity contribution in [2.24, 2.45) is 0 Å². The summed E-state index contributed by atoms with van der Waals surface area (Å²) in [5.74, 6) is -0.223. The first kappa shape index (κ1) is 20.7. The molecule has 0 saturated carbocycles. The van der Waals surface area contributed by atoms with Crippen molar-refractivity contribution in [3.63, 3.8) is 0 Å². The number of piperazine rings is 1. The van der Waals surface area contributed by atoms with E-state index in [1.54, 1.807) is 12.1 Å². The van der Waals surface area contributed by atoms with Crippen LogP contribution < -0.4 is 0 Å². The number of rotatable bonds is 4. The molecule has 2 heterocycles. The highest BCUT2D eigenvalue weighted by Gasteiger charge is 2.58. The zero-order chi connectivity index (χ0) is 22.3. The van der Waals surface area contributed by atoms with E-state index in [0.717, 1.165) is 36.6 Å². The van der Waals surface area contributed by atoms with Gasteiger partial charge in [-0.1, -0.05) is 54.6 Å². The van der Waals surface area contributed by atoms with Gasteiger partial charge in [-0.05, 0) is 37.1 Å². The number of hydrogen-bond donors (Lipinski definition) is 0. The van der Waals surface area contributed by atoms with Gasteiger partial charge >= 0.3 is 0 Å². The van der Waals surface area contributed by atoms with Crippen LogP contribution in [0.2, 0.25) is 0 Å². The van der Waals surface area contributed by atoms with E-state index in [-0.39, 0.29) is 11.6 Å². The molecule has 0 spiro atoms. The molecule has 2 aromatic carbocycles. The van der Waals surface area contributed by atoms with Crippen LogP contribution in [0.3, 0.4) is 0 Å². The Labute approximate surface area is 188 Å². The third-order valence-corrected chi connectivity index (χ3v) is 6.67. The number of ketones is 2. The van der Waals surface area contributed by atoms with Gasteiger partial charge in [-0.25, -0.2) is 0 Å². The monoisotopic (exact) mass is 425 g/mol. The Bertz CT molecular complexity index is 1130. The topological polar surface area (TPSA) is 53.5 Å². The molecule has 5 nitrogen and oxygen atoms in total. The fourth-order valence-electron chi connectivity index (χ4n) is 5.23. The lowest BCUT2D eigenvalue weighted by Gasteiger charge is -2.44. The normalized spacial score (nSPS) is 18.7. The Hall–Kier alpha value is -3.15. The van der Waals surface area contributed by atoms with E-state index >= 15 is 0 Å². The maximum atomic E-state index is 13.9. The number of Topliss-reactive ketones (excluding diaryl/α,β-unsaturated/α-hetero) is 2. The van der Waals surface area contributed by atoms with Crippen LogP contribution >= 0.6 is 0 Å². The summed E-state index contributed by atoms with van der Waals surface area (Å²) < 4.78 is 0. The van der Waals surface area contributed by atoms with Gasteiger partial charge in [-0.3, -0.25) is 24.4 Å². The van der Waals surface area contributed by atoms with E-state index in [1.165, 1.54) is 5.56 Å². The lowest BCUT2D eigenvalue weighted by atomic mass is 9.82. The van der Waals surface area contributed by atoms with Crippen LogP contribution in [0.5, 0.6) is 0 Å². The maximum absolute atomic E-state index is 13.9. The summed E-state index contributed by atoms with van der Waals surface area (Å²) in [4.78, 5) is 36.8. The van der Waals surface area contributed by atoms with Gasteiger partial charge in [0.15, 0.2) is 17.1 Å². The van der Waals surface area contributed by atoms with Gasteiger partial charge in [0, 0.05) is 55.2 Å². The first-order chi connectivity index (χ1) is 15.5. The molecule has 3 aromatic rings. The Morgan fingerprint density at radius 1 is 0.781 bits per heavy atom. The van der Waals surface area contributed by atoms with Crippen LogP contribution in [0, 0.1) is 13.8 Å². The minimum absolute atomic E-state index is 0.111. The summed E-state index contributed by atoms with van der Waals surface area (Å²) in [5, 5.41) is 0. The molecule has 162 valence electrons. The van der Waals surface area contributed by atoms with E-state index in [0.29, 0.717) is 24.2 Å². The molecular weight excluding hydrogens is 398 g/mol. The molecule has 1 aromatic heterocycles. The largest absolute Gasteiger partial charge is 0.297 e. The van der Waals surface area contributed by atoms with Gasteiger partial charge in [0.25, 0.3) is 0 Å². The number of carbonyl (C=O) groups is 2. The van der Waals surface area contributed by atoms with E-state index in [9.17, 15) is 9.59 Å². The molecule has 0 amide bonds. The Kier molecular flexibility index (Phi) is 5.24. The van der Waals surface area contributed by atoms with Crippen LogP contribution in [0.25, 0.3) is 0 Å². The molecule has 1 fully saturated rings. The molecule has 0 radical (unpaired) electrons. The SMILES string of the molecule is Cc1cc(C2(N3CCN(Cc4ccccc4)CC3)C(=O)c3ccccc3C2=O)cc(C)n1. The molecule has 5 rings (SSSR count). The van der Waals surface area contributed by atoms with Crippen molar-refractivity contribution in [3.8, 4) is 0 Å². The summed E-state index contributed by atoms with van der Waals surface area (Å²) >= 11 is 0. The lowest BCUT2D eigenvalue weighted by molar-refractivity contribution is 0.0279. The molecule has 1 aliphatic carbocycles. The van der Waals surface area contributed by atoms with E-state index in [2.05, 4.69) is 39.0 Å². The molecule has 0 bridgehead atoms. The van der Waals surface area contributed by atoms with Crippen molar-refractivity contribution in [1.29, 1.82) is 0 Å². The second kappa shape index (κ2) is 8.08. The van der Waals surface area contributed by atoms with Gasteiger partial charge in [0.2, 0.25) is 0 Å². The van der Waals surface area contributed by atoms with Crippen LogP contribution in [0.15, 0.2) is 66.7 Å². The molecule has 5 heteroatoms.